The summed E-state index contributed by atoms with van der Waals surface area (Å²) in [6.45, 7) is 3.63. The first-order chi connectivity index (χ1) is 11.1. The molecule has 0 fully saturated rings. The Morgan fingerprint density at radius 3 is 2.17 bits per heavy atom. The number of nitrogens with zero attached hydrogens (tertiary/aromatic N) is 1. The Hall–Kier alpha value is -2.46. The van der Waals surface area contributed by atoms with Gasteiger partial charge in [0.2, 0.25) is 0 Å². The van der Waals surface area contributed by atoms with Crippen LogP contribution in [0.15, 0.2) is 48.8 Å². The molecule has 0 atom stereocenters. The van der Waals surface area contributed by atoms with Crippen molar-refractivity contribution in [3.05, 3.63) is 59.9 Å². The maximum absolute atomic E-state index is 12.2. The van der Waals surface area contributed by atoms with Crippen LogP contribution in [0, 0.1) is 6.92 Å². The molecule has 0 amide bonds. The minimum Gasteiger partial charge on any atom is -0.497 e. The lowest BCUT2D eigenvalue weighted by molar-refractivity contribution is 0.101. The predicted molar refractivity (Wildman–Crippen MR) is 94.3 cm³/mol. The van der Waals surface area contributed by atoms with Gasteiger partial charge in [0.15, 0.2) is 5.78 Å². The molecule has 0 aliphatic carbocycles. The number of aromatic nitrogens is 1. The van der Waals surface area contributed by atoms with E-state index in [-0.39, 0.29) is 5.78 Å². The molecule has 0 spiro atoms. The second kappa shape index (κ2) is 6.34. The average Bonchev–Trinajstić information content (AvgIpc) is 2.93. The fraction of sp³-hybridized carbons (Fsp3) is 0.158. The third-order valence-electron chi connectivity index (χ3n) is 3.79. The number of ether oxygens (including phenoxy) is 1. The summed E-state index contributed by atoms with van der Waals surface area (Å²) in [7, 11) is 1.65. The number of carbonyl (C=O) groups is 1. The van der Waals surface area contributed by atoms with Gasteiger partial charge in [-0.1, -0.05) is 0 Å². The van der Waals surface area contributed by atoms with Gasteiger partial charge in [0.05, 0.1) is 7.11 Å². The Morgan fingerprint density at radius 1 is 1.00 bits per heavy atom. The predicted octanol–water partition coefficient (Wildman–Crippen LogP) is 5.00. The number of benzene rings is 1. The largest absolute Gasteiger partial charge is 0.497 e. The van der Waals surface area contributed by atoms with Crippen LogP contribution in [-0.2, 0) is 0 Å². The highest BCUT2D eigenvalue weighted by Gasteiger charge is 2.20. The third-order valence-corrected chi connectivity index (χ3v) is 5.18. The fourth-order valence-corrected chi connectivity index (χ4v) is 4.03. The lowest BCUT2D eigenvalue weighted by Crippen LogP contribution is -1.95. The zero-order chi connectivity index (χ0) is 16.4. The van der Waals surface area contributed by atoms with Crippen LogP contribution in [0.4, 0.5) is 0 Å². The minimum absolute atomic E-state index is 0.0878. The van der Waals surface area contributed by atoms with Crippen molar-refractivity contribution in [1.82, 2.24) is 4.98 Å². The van der Waals surface area contributed by atoms with Gasteiger partial charge in [0.25, 0.3) is 0 Å². The van der Waals surface area contributed by atoms with Crippen LogP contribution < -0.4 is 4.74 Å². The number of methoxy groups -OCH3 is 1. The summed E-state index contributed by atoms with van der Waals surface area (Å²) in [6, 6.07) is 11.8. The second-order valence-electron chi connectivity index (χ2n) is 5.28. The summed E-state index contributed by atoms with van der Waals surface area (Å²) < 4.78 is 5.21. The van der Waals surface area contributed by atoms with Gasteiger partial charge in [-0.05, 0) is 66.9 Å². The lowest BCUT2D eigenvalue weighted by atomic mass is 10.0. The molecule has 4 heteroatoms. The molecule has 23 heavy (non-hydrogen) atoms. The topological polar surface area (TPSA) is 39.2 Å². The Morgan fingerprint density at radius 2 is 1.61 bits per heavy atom. The van der Waals surface area contributed by atoms with E-state index in [1.54, 1.807) is 37.8 Å². The third kappa shape index (κ3) is 2.90. The molecule has 0 aliphatic heterocycles. The first kappa shape index (κ1) is 15.4. The van der Waals surface area contributed by atoms with Gasteiger partial charge >= 0.3 is 0 Å². The highest BCUT2D eigenvalue weighted by atomic mass is 32.1. The van der Waals surface area contributed by atoms with Crippen molar-refractivity contribution in [2.24, 2.45) is 0 Å². The van der Waals surface area contributed by atoms with Crippen LogP contribution in [0.5, 0.6) is 5.75 Å². The van der Waals surface area contributed by atoms with E-state index in [1.165, 1.54) is 0 Å². The molecule has 0 radical (unpaired) electrons. The summed E-state index contributed by atoms with van der Waals surface area (Å²) in [5, 5.41) is 0. The number of thiophene rings is 1. The molecule has 3 nitrogen and oxygen atoms in total. The first-order valence-electron chi connectivity index (χ1n) is 7.31. The Kier molecular flexibility index (Phi) is 4.26. The van der Waals surface area contributed by atoms with Gasteiger partial charge in [-0.2, -0.15) is 0 Å². The van der Waals surface area contributed by atoms with Crippen molar-refractivity contribution in [3.8, 4) is 26.6 Å². The first-order valence-corrected chi connectivity index (χ1v) is 8.12. The lowest BCUT2D eigenvalue weighted by Gasteiger charge is -2.04. The standard InChI is InChI=1S/C19H17NO2S/c1-12-17(13(2)21)19(14-4-6-16(22-3)7-5-14)23-18(12)15-8-10-20-11-9-15/h4-11H,1-3H3. The quantitative estimate of drug-likeness (QED) is 0.634. The van der Waals surface area contributed by atoms with E-state index in [0.717, 1.165) is 37.8 Å². The average molecular weight is 323 g/mol. The van der Waals surface area contributed by atoms with Gasteiger partial charge in [-0.25, -0.2) is 0 Å². The van der Waals surface area contributed by atoms with Crippen molar-refractivity contribution in [3.63, 3.8) is 0 Å². The van der Waals surface area contributed by atoms with Crippen molar-refractivity contribution in [2.45, 2.75) is 13.8 Å². The molecular weight excluding hydrogens is 306 g/mol. The highest BCUT2D eigenvalue weighted by Crippen LogP contribution is 2.42. The minimum atomic E-state index is 0.0878. The van der Waals surface area contributed by atoms with E-state index in [1.807, 2.05) is 43.3 Å². The summed E-state index contributed by atoms with van der Waals surface area (Å²) >= 11 is 1.64. The number of ketones is 1. The Bertz CT molecular complexity index is 836. The van der Waals surface area contributed by atoms with Gasteiger partial charge in [-0.3, -0.25) is 9.78 Å². The zero-order valence-corrected chi connectivity index (χ0v) is 14.1. The van der Waals surface area contributed by atoms with Crippen molar-refractivity contribution < 1.29 is 9.53 Å². The van der Waals surface area contributed by atoms with Gasteiger partial charge in [0.1, 0.15) is 5.75 Å². The molecule has 0 aliphatic rings. The monoisotopic (exact) mass is 323 g/mol. The normalized spacial score (nSPS) is 10.6. The van der Waals surface area contributed by atoms with Crippen LogP contribution in [-0.4, -0.2) is 17.9 Å². The van der Waals surface area contributed by atoms with Crippen LogP contribution in [0.25, 0.3) is 20.9 Å². The van der Waals surface area contributed by atoms with Gasteiger partial charge in [0, 0.05) is 27.7 Å². The van der Waals surface area contributed by atoms with E-state index < -0.39 is 0 Å². The van der Waals surface area contributed by atoms with Gasteiger partial charge in [-0.15, -0.1) is 11.3 Å². The van der Waals surface area contributed by atoms with Crippen LogP contribution in [0.1, 0.15) is 22.8 Å². The molecule has 0 bridgehead atoms. The zero-order valence-electron chi connectivity index (χ0n) is 13.3. The van der Waals surface area contributed by atoms with E-state index >= 15 is 0 Å². The molecule has 1 aromatic carbocycles. The van der Waals surface area contributed by atoms with E-state index in [2.05, 4.69) is 4.98 Å². The summed E-state index contributed by atoms with van der Waals surface area (Å²) in [5.41, 5.74) is 3.95. The number of hydrogen-bond acceptors (Lipinski definition) is 4. The number of rotatable bonds is 4. The van der Waals surface area contributed by atoms with Crippen molar-refractivity contribution in [1.29, 1.82) is 0 Å². The van der Waals surface area contributed by atoms with Crippen LogP contribution in [0.2, 0.25) is 0 Å². The fourth-order valence-electron chi connectivity index (χ4n) is 2.66. The summed E-state index contributed by atoms with van der Waals surface area (Å²) in [5.74, 6) is 0.894. The van der Waals surface area contributed by atoms with Crippen molar-refractivity contribution in [2.75, 3.05) is 7.11 Å². The van der Waals surface area contributed by atoms with Gasteiger partial charge < -0.3 is 4.74 Å². The molecule has 3 aromatic rings. The van der Waals surface area contributed by atoms with E-state index in [0.29, 0.717) is 0 Å². The maximum atomic E-state index is 12.2. The molecule has 0 saturated heterocycles. The Labute approximate surface area is 139 Å². The van der Waals surface area contributed by atoms with Crippen LogP contribution >= 0.6 is 11.3 Å². The van der Waals surface area contributed by atoms with Crippen molar-refractivity contribution >= 4 is 17.1 Å². The smallest absolute Gasteiger partial charge is 0.161 e. The second-order valence-corrected chi connectivity index (χ2v) is 6.30. The molecule has 2 heterocycles. The number of hydrogen-bond donors (Lipinski definition) is 0. The molecule has 0 unspecified atom stereocenters. The highest BCUT2D eigenvalue weighted by molar-refractivity contribution is 7.19. The molecular formula is C19H17NO2S. The Balaban J connectivity index is 2.18. The SMILES string of the molecule is COc1ccc(-c2sc(-c3ccncc3)c(C)c2C(C)=O)cc1. The van der Waals surface area contributed by atoms with E-state index in [9.17, 15) is 4.79 Å². The summed E-state index contributed by atoms with van der Waals surface area (Å²) in [4.78, 5) is 18.4. The number of Topliss-reactive ketones (excluding diaryl/α,β-unsaturated/α-hetero) is 1. The molecule has 2 aromatic heterocycles. The number of pyridine rings is 1. The van der Waals surface area contributed by atoms with E-state index in [4.69, 9.17) is 4.74 Å². The number of carbonyl (C=O) groups excluding carboxylic acids is 1. The molecule has 0 N–H and O–H groups in total. The van der Waals surface area contributed by atoms with Crippen LogP contribution in [0.3, 0.4) is 0 Å². The molecule has 116 valence electrons. The summed E-state index contributed by atoms with van der Waals surface area (Å²) in [6.07, 6.45) is 3.55. The maximum Gasteiger partial charge on any atom is 0.161 e. The molecule has 0 saturated carbocycles. The molecule has 3 rings (SSSR count).